The van der Waals surface area contributed by atoms with Gasteiger partial charge in [-0.3, -0.25) is 0 Å². The van der Waals surface area contributed by atoms with E-state index in [-0.39, 0.29) is 0 Å². The van der Waals surface area contributed by atoms with Crippen molar-refractivity contribution in [3.05, 3.63) is 33.3 Å². The molecule has 2 aliphatic carbocycles. The van der Waals surface area contributed by atoms with Crippen LogP contribution >= 0.6 is 23.2 Å². The SMILES string of the molecule is Clc1cc(Cl)c2c(c1)[C@@H]1C[C@@H]1C2. The highest BCUT2D eigenvalue weighted by molar-refractivity contribution is 6.35. The quantitative estimate of drug-likeness (QED) is 0.598. The maximum absolute atomic E-state index is 6.08. The predicted octanol–water partition coefficient (Wildman–Crippen LogP) is 3.65. The van der Waals surface area contributed by atoms with Crippen LogP contribution < -0.4 is 0 Å². The Kier molecular flexibility index (Phi) is 1.31. The van der Waals surface area contributed by atoms with Gasteiger partial charge < -0.3 is 0 Å². The van der Waals surface area contributed by atoms with E-state index in [2.05, 4.69) is 6.07 Å². The van der Waals surface area contributed by atoms with E-state index in [0.29, 0.717) is 0 Å². The third-order valence-corrected chi connectivity index (χ3v) is 3.54. The van der Waals surface area contributed by atoms with E-state index in [9.17, 15) is 0 Å². The van der Waals surface area contributed by atoms with E-state index in [0.717, 1.165) is 21.9 Å². The highest BCUT2D eigenvalue weighted by atomic mass is 35.5. The van der Waals surface area contributed by atoms with Crippen LogP contribution in [-0.4, -0.2) is 0 Å². The Morgan fingerprint density at radius 1 is 1.25 bits per heavy atom. The van der Waals surface area contributed by atoms with Crippen molar-refractivity contribution in [1.82, 2.24) is 0 Å². The lowest BCUT2D eigenvalue weighted by atomic mass is 10.1. The summed E-state index contributed by atoms with van der Waals surface area (Å²) >= 11 is 12.0. The van der Waals surface area contributed by atoms with Crippen LogP contribution in [0.4, 0.5) is 0 Å². The molecule has 2 heteroatoms. The maximum atomic E-state index is 6.08. The zero-order valence-electron chi connectivity index (χ0n) is 6.48. The van der Waals surface area contributed by atoms with Crippen LogP contribution in [-0.2, 0) is 6.42 Å². The standard InChI is InChI=1S/C10H8Cl2/c11-6-3-8-7-1-5(7)2-9(8)10(12)4-6/h3-5,7H,1-2H2/t5-,7-/m1/s1. The monoisotopic (exact) mass is 198 g/mol. The molecule has 0 saturated heterocycles. The maximum Gasteiger partial charge on any atom is 0.0455 e. The number of halogens is 2. The molecule has 0 amide bonds. The summed E-state index contributed by atoms with van der Waals surface area (Å²) in [5, 5.41) is 1.65. The number of benzene rings is 1. The molecule has 1 saturated carbocycles. The number of fused-ring (bicyclic) bond motifs is 3. The van der Waals surface area contributed by atoms with Gasteiger partial charge in [0.2, 0.25) is 0 Å². The first kappa shape index (κ1) is 7.23. The second-order valence-electron chi connectivity index (χ2n) is 3.76. The largest absolute Gasteiger partial charge is 0.0843 e. The first-order valence-electron chi connectivity index (χ1n) is 4.23. The molecule has 0 aromatic heterocycles. The molecule has 1 aromatic rings. The Morgan fingerprint density at radius 2 is 2.08 bits per heavy atom. The highest BCUT2D eigenvalue weighted by Gasteiger charge is 2.45. The molecule has 12 heavy (non-hydrogen) atoms. The van der Waals surface area contributed by atoms with E-state index >= 15 is 0 Å². The van der Waals surface area contributed by atoms with E-state index < -0.39 is 0 Å². The molecule has 0 radical (unpaired) electrons. The van der Waals surface area contributed by atoms with Gasteiger partial charge in [-0.15, -0.1) is 0 Å². The molecule has 1 fully saturated rings. The van der Waals surface area contributed by atoms with Gasteiger partial charge in [-0.05, 0) is 47.9 Å². The zero-order chi connectivity index (χ0) is 8.29. The molecular weight excluding hydrogens is 191 g/mol. The average molecular weight is 199 g/mol. The number of hydrogen-bond donors (Lipinski definition) is 0. The van der Waals surface area contributed by atoms with Gasteiger partial charge in [-0.25, -0.2) is 0 Å². The third kappa shape index (κ3) is 0.855. The van der Waals surface area contributed by atoms with Gasteiger partial charge in [0, 0.05) is 10.0 Å². The van der Waals surface area contributed by atoms with Crippen molar-refractivity contribution < 1.29 is 0 Å². The molecule has 62 valence electrons. The first-order valence-corrected chi connectivity index (χ1v) is 4.99. The summed E-state index contributed by atoms with van der Waals surface area (Å²) in [6.07, 6.45) is 2.53. The molecule has 0 aliphatic heterocycles. The Hall–Kier alpha value is -0.200. The summed E-state index contributed by atoms with van der Waals surface area (Å²) in [5.41, 5.74) is 2.76. The van der Waals surface area contributed by atoms with Crippen molar-refractivity contribution in [1.29, 1.82) is 0 Å². The van der Waals surface area contributed by atoms with E-state index in [1.165, 1.54) is 24.0 Å². The van der Waals surface area contributed by atoms with Crippen LogP contribution in [0.25, 0.3) is 0 Å². The number of rotatable bonds is 0. The van der Waals surface area contributed by atoms with Gasteiger partial charge in [0.25, 0.3) is 0 Å². The molecule has 0 unspecified atom stereocenters. The van der Waals surface area contributed by atoms with E-state index in [4.69, 9.17) is 23.2 Å². The molecule has 2 atom stereocenters. The summed E-state index contributed by atoms with van der Waals surface area (Å²) in [4.78, 5) is 0. The second-order valence-corrected chi connectivity index (χ2v) is 4.61. The fraction of sp³-hybridized carbons (Fsp3) is 0.400. The van der Waals surface area contributed by atoms with Crippen molar-refractivity contribution in [2.75, 3.05) is 0 Å². The van der Waals surface area contributed by atoms with Crippen LogP contribution in [0, 0.1) is 5.92 Å². The van der Waals surface area contributed by atoms with Gasteiger partial charge in [0.05, 0.1) is 0 Å². The summed E-state index contributed by atoms with van der Waals surface area (Å²) in [5.74, 6) is 1.67. The van der Waals surface area contributed by atoms with Gasteiger partial charge in [-0.2, -0.15) is 0 Å². The molecule has 2 aliphatic rings. The smallest absolute Gasteiger partial charge is 0.0455 e. The van der Waals surface area contributed by atoms with Gasteiger partial charge in [0.15, 0.2) is 0 Å². The van der Waals surface area contributed by atoms with Crippen molar-refractivity contribution in [3.63, 3.8) is 0 Å². The van der Waals surface area contributed by atoms with Crippen molar-refractivity contribution in [2.45, 2.75) is 18.8 Å². The Morgan fingerprint density at radius 3 is 2.92 bits per heavy atom. The van der Waals surface area contributed by atoms with Crippen LogP contribution in [0.1, 0.15) is 23.5 Å². The lowest BCUT2D eigenvalue weighted by molar-refractivity contribution is 0.857. The molecule has 0 spiro atoms. The summed E-state index contributed by atoms with van der Waals surface area (Å²) in [6, 6.07) is 3.94. The zero-order valence-corrected chi connectivity index (χ0v) is 7.99. The van der Waals surface area contributed by atoms with Crippen LogP contribution in [0.2, 0.25) is 10.0 Å². The average Bonchev–Trinajstić information content (AvgIpc) is 2.68. The second kappa shape index (κ2) is 2.18. The molecule has 0 bridgehead atoms. The lowest BCUT2D eigenvalue weighted by Gasteiger charge is -2.05. The summed E-state index contributed by atoms with van der Waals surface area (Å²) in [6.45, 7) is 0. The third-order valence-electron chi connectivity index (χ3n) is 2.98. The Labute approximate surface area is 81.5 Å². The van der Waals surface area contributed by atoms with E-state index in [1.54, 1.807) is 0 Å². The fourth-order valence-electron chi connectivity index (χ4n) is 2.29. The highest BCUT2D eigenvalue weighted by Crippen LogP contribution is 2.57. The van der Waals surface area contributed by atoms with E-state index in [1.807, 2.05) is 6.07 Å². The summed E-state index contributed by atoms with van der Waals surface area (Å²) < 4.78 is 0. The number of hydrogen-bond acceptors (Lipinski definition) is 0. The molecular formula is C10H8Cl2. The minimum atomic E-state index is 0.784. The van der Waals surface area contributed by atoms with Crippen molar-refractivity contribution in [2.24, 2.45) is 5.92 Å². The lowest BCUT2D eigenvalue weighted by Crippen LogP contribution is -1.87. The first-order chi connectivity index (χ1) is 5.75. The molecule has 0 heterocycles. The molecule has 1 aromatic carbocycles. The minimum absolute atomic E-state index is 0.784. The predicted molar refractivity (Wildman–Crippen MR) is 51.0 cm³/mol. The van der Waals surface area contributed by atoms with Gasteiger partial charge in [-0.1, -0.05) is 23.2 Å². The van der Waals surface area contributed by atoms with Crippen molar-refractivity contribution >= 4 is 23.2 Å². The topological polar surface area (TPSA) is 0 Å². The molecule has 0 nitrogen and oxygen atoms in total. The van der Waals surface area contributed by atoms with Gasteiger partial charge in [0.1, 0.15) is 0 Å². The fourth-order valence-corrected chi connectivity index (χ4v) is 2.87. The summed E-state index contributed by atoms with van der Waals surface area (Å²) in [7, 11) is 0. The minimum Gasteiger partial charge on any atom is -0.0843 e. The Balaban J connectivity index is 2.24. The van der Waals surface area contributed by atoms with Crippen LogP contribution in [0.15, 0.2) is 12.1 Å². The van der Waals surface area contributed by atoms with Crippen LogP contribution in [0.5, 0.6) is 0 Å². The van der Waals surface area contributed by atoms with Crippen LogP contribution in [0.3, 0.4) is 0 Å². The van der Waals surface area contributed by atoms with Crippen molar-refractivity contribution in [3.8, 4) is 0 Å². The normalized spacial score (nSPS) is 29.8. The Bertz CT molecular complexity index is 357. The molecule has 3 rings (SSSR count). The molecule has 0 N–H and O–H groups in total. The van der Waals surface area contributed by atoms with Gasteiger partial charge >= 0.3 is 0 Å².